The highest BCUT2D eigenvalue weighted by Crippen LogP contribution is 2.25. The molecule has 0 aromatic heterocycles. The van der Waals surface area contributed by atoms with Gasteiger partial charge in [0.2, 0.25) is 11.8 Å². The average molecular weight is 556 g/mol. The van der Waals surface area contributed by atoms with Gasteiger partial charge in [0.25, 0.3) is 10.0 Å². The van der Waals surface area contributed by atoms with Gasteiger partial charge in [0.1, 0.15) is 24.2 Å². The number of benzene rings is 3. The predicted octanol–water partition coefficient (Wildman–Crippen LogP) is 4.36. The van der Waals surface area contributed by atoms with Crippen LogP contribution in [0.15, 0.2) is 83.8 Å². The minimum Gasteiger partial charge on any atom is -0.497 e. The monoisotopic (exact) mass is 555 g/mol. The summed E-state index contributed by atoms with van der Waals surface area (Å²) in [7, 11) is -2.68. The topological polar surface area (TPSA) is 96.0 Å². The normalized spacial score (nSPS) is 12.7. The number of hydrogen-bond donors (Lipinski definition) is 1. The van der Waals surface area contributed by atoms with E-state index in [9.17, 15) is 22.4 Å². The second-order valence-electron chi connectivity index (χ2n) is 9.17. The van der Waals surface area contributed by atoms with E-state index in [1.165, 1.54) is 36.3 Å². The van der Waals surface area contributed by atoms with Crippen LogP contribution in [0.2, 0.25) is 0 Å². The molecule has 1 N–H and O–H groups in total. The van der Waals surface area contributed by atoms with E-state index in [0.29, 0.717) is 17.7 Å². The Labute approximate surface area is 229 Å². The number of nitrogens with one attached hydrogen (secondary N) is 1. The first-order valence-corrected chi connectivity index (χ1v) is 14.1. The van der Waals surface area contributed by atoms with Crippen molar-refractivity contribution in [3.63, 3.8) is 0 Å². The molecule has 0 unspecified atom stereocenters. The van der Waals surface area contributed by atoms with Crippen molar-refractivity contribution in [3.8, 4) is 5.75 Å². The van der Waals surface area contributed by atoms with Gasteiger partial charge in [-0.15, -0.1) is 0 Å². The molecule has 0 fully saturated rings. The number of ether oxygens (including phenoxy) is 1. The lowest BCUT2D eigenvalue weighted by molar-refractivity contribution is -0.139. The maximum atomic E-state index is 13.9. The molecular formula is C29H34FN3O5S. The Morgan fingerprint density at radius 3 is 2.26 bits per heavy atom. The molecule has 2 amide bonds. The molecule has 10 heteroatoms. The summed E-state index contributed by atoms with van der Waals surface area (Å²) >= 11 is 0. The minimum absolute atomic E-state index is 0.0240. The molecule has 0 heterocycles. The Kier molecular flexibility index (Phi) is 10.1. The van der Waals surface area contributed by atoms with Crippen LogP contribution < -0.4 is 14.4 Å². The molecule has 0 aliphatic carbocycles. The summed E-state index contributed by atoms with van der Waals surface area (Å²) in [6, 6.07) is 18.6. The third kappa shape index (κ3) is 7.57. The third-order valence-electron chi connectivity index (χ3n) is 6.38. The summed E-state index contributed by atoms with van der Waals surface area (Å²) in [5.74, 6) is -0.929. The number of hydrogen-bond acceptors (Lipinski definition) is 5. The van der Waals surface area contributed by atoms with Crippen LogP contribution in [-0.4, -0.2) is 50.9 Å². The van der Waals surface area contributed by atoms with Gasteiger partial charge in [-0.1, -0.05) is 37.3 Å². The zero-order valence-corrected chi connectivity index (χ0v) is 23.3. The van der Waals surface area contributed by atoms with Gasteiger partial charge in [-0.25, -0.2) is 12.8 Å². The molecule has 2 atom stereocenters. The summed E-state index contributed by atoms with van der Waals surface area (Å²) in [5, 5.41) is 2.89. The minimum atomic E-state index is -4.21. The van der Waals surface area contributed by atoms with Gasteiger partial charge in [-0.3, -0.25) is 13.9 Å². The Balaban J connectivity index is 2.01. The molecule has 0 radical (unpaired) electrons. The Morgan fingerprint density at radius 2 is 1.64 bits per heavy atom. The van der Waals surface area contributed by atoms with E-state index in [0.717, 1.165) is 16.4 Å². The van der Waals surface area contributed by atoms with Crippen molar-refractivity contribution in [2.45, 2.75) is 50.7 Å². The van der Waals surface area contributed by atoms with E-state index in [1.54, 1.807) is 49.4 Å². The largest absolute Gasteiger partial charge is 0.497 e. The molecule has 0 aliphatic heterocycles. The zero-order valence-electron chi connectivity index (χ0n) is 22.5. The maximum Gasteiger partial charge on any atom is 0.264 e. The Bertz CT molecular complexity index is 1370. The second kappa shape index (κ2) is 13.2. The first-order chi connectivity index (χ1) is 18.6. The molecule has 3 aromatic carbocycles. The number of sulfonamides is 1. The maximum absolute atomic E-state index is 13.9. The number of rotatable bonds is 12. The van der Waals surface area contributed by atoms with E-state index in [4.69, 9.17) is 4.74 Å². The number of carbonyl (C=O) groups excluding carboxylic acids is 2. The van der Waals surface area contributed by atoms with E-state index < -0.39 is 34.3 Å². The smallest absolute Gasteiger partial charge is 0.264 e. The first kappa shape index (κ1) is 29.6. The fraction of sp³-hybridized carbons (Fsp3) is 0.310. The quantitative estimate of drug-likeness (QED) is 0.358. The van der Waals surface area contributed by atoms with Crippen LogP contribution in [-0.2, 0) is 26.2 Å². The molecule has 8 nitrogen and oxygen atoms in total. The summed E-state index contributed by atoms with van der Waals surface area (Å²) in [4.78, 5) is 28.3. The van der Waals surface area contributed by atoms with Crippen LogP contribution in [0, 0.1) is 5.82 Å². The molecule has 0 saturated heterocycles. The van der Waals surface area contributed by atoms with Gasteiger partial charge >= 0.3 is 0 Å². The van der Waals surface area contributed by atoms with Crippen molar-refractivity contribution >= 4 is 27.5 Å². The van der Waals surface area contributed by atoms with Crippen LogP contribution in [0.25, 0.3) is 0 Å². The van der Waals surface area contributed by atoms with Gasteiger partial charge in [-0.2, -0.15) is 0 Å². The summed E-state index contributed by atoms with van der Waals surface area (Å²) < 4.78 is 47.3. The molecule has 208 valence electrons. The van der Waals surface area contributed by atoms with Gasteiger partial charge in [-0.05, 0) is 74.4 Å². The highest BCUT2D eigenvalue weighted by atomic mass is 32.2. The molecule has 3 aromatic rings. The fourth-order valence-electron chi connectivity index (χ4n) is 3.87. The van der Waals surface area contributed by atoms with Crippen molar-refractivity contribution in [2.75, 3.05) is 18.0 Å². The second-order valence-corrected chi connectivity index (χ2v) is 11.0. The average Bonchev–Trinajstić information content (AvgIpc) is 2.95. The van der Waals surface area contributed by atoms with E-state index in [1.807, 2.05) is 13.8 Å². The highest BCUT2D eigenvalue weighted by Gasteiger charge is 2.32. The lowest BCUT2D eigenvalue weighted by Gasteiger charge is -2.32. The van der Waals surface area contributed by atoms with Gasteiger partial charge < -0.3 is 15.0 Å². The van der Waals surface area contributed by atoms with Crippen molar-refractivity contribution in [2.24, 2.45) is 0 Å². The predicted molar refractivity (Wildman–Crippen MR) is 148 cm³/mol. The highest BCUT2D eigenvalue weighted by molar-refractivity contribution is 7.92. The molecule has 0 aliphatic rings. The number of nitrogens with zero attached hydrogens (tertiary/aromatic N) is 2. The van der Waals surface area contributed by atoms with E-state index in [2.05, 4.69) is 5.32 Å². The van der Waals surface area contributed by atoms with Gasteiger partial charge in [0.15, 0.2) is 0 Å². The van der Waals surface area contributed by atoms with Crippen LogP contribution in [0.3, 0.4) is 0 Å². The van der Waals surface area contributed by atoms with E-state index in [-0.39, 0.29) is 29.1 Å². The molecule has 0 spiro atoms. The number of halogens is 1. The van der Waals surface area contributed by atoms with Crippen molar-refractivity contribution in [1.29, 1.82) is 0 Å². The van der Waals surface area contributed by atoms with Crippen LogP contribution in [0.4, 0.5) is 10.1 Å². The fourth-order valence-corrected chi connectivity index (χ4v) is 5.31. The molecular weight excluding hydrogens is 521 g/mol. The number of anilines is 1. The molecule has 3 rings (SSSR count). The van der Waals surface area contributed by atoms with Crippen LogP contribution >= 0.6 is 0 Å². The first-order valence-electron chi connectivity index (χ1n) is 12.6. The zero-order chi connectivity index (χ0) is 28.6. The Morgan fingerprint density at radius 1 is 0.974 bits per heavy atom. The lowest BCUT2D eigenvalue weighted by atomic mass is 10.1. The summed E-state index contributed by atoms with van der Waals surface area (Å²) in [5.41, 5.74) is 0.816. The lowest BCUT2D eigenvalue weighted by Crippen LogP contribution is -2.52. The Hall–Kier alpha value is -3.92. The van der Waals surface area contributed by atoms with Crippen LogP contribution in [0.5, 0.6) is 5.75 Å². The molecule has 39 heavy (non-hydrogen) atoms. The molecule has 0 bridgehead atoms. The van der Waals surface area contributed by atoms with Crippen molar-refractivity contribution in [3.05, 3.63) is 90.2 Å². The third-order valence-corrected chi connectivity index (χ3v) is 8.17. The molecule has 0 saturated carbocycles. The van der Waals surface area contributed by atoms with E-state index >= 15 is 0 Å². The number of carbonyl (C=O) groups is 2. The summed E-state index contributed by atoms with van der Waals surface area (Å²) in [6.07, 6.45) is 0.704. The van der Waals surface area contributed by atoms with Gasteiger partial charge in [0, 0.05) is 12.6 Å². The summed E-state index contributed by atoms with van der Waals surface area (Å²) in [6.45, 7) is 4.83. The van der Waals surface area contributed by atoms with Gasteiger partial charge in [0.05, 0.1) is 17.7 Å². The SMILES string of the molecule is CC[C@H](C)NC(=O)[C@H](C)N(Cc1cccc(OC)c1)C(=O)CN(c1ccc(F)cc1)S(=O)(=O)c1ccccc1. The van der Waals surface area contributed by atoms with Crippen molar-refractivity contribution < 1.29 is 27.1 Å². The number of amides is 2. The number of methoxy groups -OCH3 is 1. The van der Waals surface area contributed by atoms with Crippen molar-refractivity contribution in [1.82, 2.24) is 10.2 Å². The van der Waals surface area contributed by atoms with Crippen LogP contribution in [0.1, 0.15) is 32.8 Å². The standard InChI is InChI=1S/C29H34FN3O5S/c1-5-21(2)31-29(35)22(3)32(19-23-10-9-11-26(18-23)38-4)28(34)20-33(25-16-14-24(30)15-17-25)39(36,37)27-12-7-6-8-13-27/h6-18,21-22H,5,19-20H2,1-4H3,(H,31,35)/t21-,22-/m0/s1.